The molecule has 1 aromatic carbocycles. The van der Waals surface area contributed by atoms with Crippen molar-refractivity contribution in [2.75, 3.05) is 25.6 Å². The molecule has 0 spiro atoms. The van der Waals surface area contributed by atoms with E-state index in [1.165, 1.54) is 19.2 Å². The van der Waals surface area contributed by atoms with Crippen LogP contribution in [0.2, 0.25) is 0 Å². The Hall–Kier alpha value is -2.94. The van der Waals surface area contributed by atoms with Gasteiger partial charge in [-0.2, -0.15) is 5.10 Å². The third kappa shape index (κ3) is 3.45. The number of benzene rings is 1. The number of ether oxygens (including phenoxy) is 2. The Kier molecular flexibility index (Phi) is 4.66. The molecule has 1 atom stereocenters. The van der Waals surface area contributed by atoms with Gasteiger partial charge in [-0.25, -0.2) is 4.79 Å². The zero-order valence-corrected chi connectivity index (χ0v) is 13.9. The number of hydrogen-bond donors (Lipinski definition) is 1. The molecule has 0 saturated carbocycles. The number of carbonyl (C=O) groups is 1. The highest BCUT2D eigenvalue weighted by Gasteiger charge is 2.27. The summed E-state index contributed by atoms with van der Waals surface area (Å²) in [4.78, 5) is 23.2. The van der Waals surface area contributed by atoms with Crippen LogP contribution in [-0.2, 0) is 16.5 Å². The van der Waals surface area contributed by atoms with E-state index in [4.69, 9.17) is 9.47 Å². The molecule has 25 heavy (non-hydrogen) atoms. The van der Waals surface area contributed by atoms with Crippen molar-refractivity contribution in [2.24, 2.45) is 7.05 Å². The first-order chi connectivity index (χ1) is 12.0. The lowest BCUT2D eigenvalue weighted by Gasteiger charge is -2.27. The normalized spacial score (nSPS) is 16.2. The Balaban J connectivity index is 2.09. The van der Waals surface area contributed by atoms with E-state index in [1.54, 1.807) is 24.0 Å². The van der Waals surface area contributed by atoms with Gasteiger partial charge in [-0.1, -0.05) is 0 Å². The number of nitrogens with one attached hydrogen (secondary N) is 1. The van der Waals surface area contributed by atoms with E-state index in [0.29, 0.717) is 18.8 Å². The third-order valence-corrected chi connectivity index (χ3v) is 4.02. The van der Waals surface area contributed by atoms with Crippen molar-refractivity contribution < 1.29 is 19.2 Å². The Morgan fingerprint density at radius 3 is 2.84 bits per heavy atom. The summed E-state index contributed by atoms with van der Waals surface area (Å²) in [6.07, 6.45) is 2.59. The van der Waals surface area contributed by atoms with Crippen LogP contribution < -0.4 is 5.32 Å². The molecule has 1 aromatic heterocycles. The van der Waals surface area contributed by atoms with Crippen molar-refractivity contribution in [3.05, 3.63) is 40.1 Å². The van der Waals surface area contributed by atoms with Crippen LogP contribution in [0.5, 0.6) is 0 Å². The molecule has 1 aliphatic rings. The minimum Gasteiger partial charge on any atom is -0.465 e. The smallest absolute Gasteiger partial charge is 0.337 e. The van der Waals surface area contributed by atoms with Gasteiger partial charge in [0.05, 0.1) is 35.0 Å². The third-order valence-electron chi connectivity index (χ3n) is 4.02. The molecule has 132 valence electrons. The van der Waals surface area contributed by atoms with Gasteiger partial charge in [0, 0.05) is 26.4 Å². The maximum Gasteiger partial charge on any atom is 0.337 e. The largest absolute Gasteiger partial charge is 0.465 e. The van der Waals surface area contributed by atoms with Crippen LogP contribution in [0.4, 0.5) is 11.4 Å². The first-order valence-corrected chi connectivity index (χ1v) is 7.76. The highest BCUT2D eigenvalue weighted by atomic mass is 16.6. The second kappa shape index (κ2) is 6.89. The fourth-order valence-corrected chi connectivity index (χ4v) is 2.62. The van der Waals surface area contributed by atoms with Crippen LogP contribution in [0.15, 0.2) is 24.4 Å². The average Bonchev–Trinajstić information content (AvgIpc) is 2.98. The molecule has 1 aliphatic heterocycles. The quantitative estimate of drug-likeness (QED) is 0.484. The number of aryl methyl sites for hydroxylation is 1. The van der Waals surface area contributed by atoms with Crippen LogP contribution in [0.3, 0.4) is 0 Å². The van der Waals surface area contributed by atoms with E-state index in [1.807, 2.05) is 0 Å². The van der Waals surface area contributed by atoms with Crippen molar-refractivity contribution >= 4 is 17.3 Å². The van der Waals surface area contributed by atoms with Gasteiger partial charge >= 0.3 is 11.7 Å². The minimum absolute atomic E-state index is 0.0136. The number of nitrogens with zero attached hydrogens (tertiary/aromatic N) is 3. The standard InChI is InChI=1S/C16H18N4O5/c1-19-5-3-13(18-19)12-7-10(16(21)24-2)8-14(15(12)20(22)23)17-9-11-4-6-25-11/h3,5,7-8,11,17H,4,6,9H2,1-2H3. The Bertz CT molecular complexity index is 813. The van der Waals surface area contributed by atoms with E-state index in [9.17, 15) is 14.9 Å². The van der Waals surface area contributed by atoms with Gasteiger partial charge in [-0.3, -0.25) is 14.8 Å². The maximum atomic E-state index is 12.0. The molecule has 2 aromatic rings. The van der Waals surface area contributed by atoms with Crippen LogP contribution in [0, 0.1) is 10.1 Å². The van der Waals surface area contributed by atoms with Crippen molar-refractivity contribution in [1.29, 1.82) is 0 Å². The monoisotopic (exact) mass is 346 g/mol. The van der Waals surface area contributed by atoms with E-state index in [2.05, 4.69) is 10.4 Å². The average molecular weight is 346 g/mol. The number of nitro benzene ring substituents is 1. The van der Waals surface area contributed by atoms with Crippen molar-refractivity contribution in [1.82, 2.24) is 9.78 Å². The predicted octanol–water partition coefficient (Wildman–Crippen LogP) is 1.98. The first kappa shape index (κ1) is 16.9. The summed E-state index contributed by atoms with van der Waals surface area (Å²) >= 11 is 0. The molecule has 1 fully saturated rings. The number of esters is 1. The molecular formula is C16H18N4O5. The summed E-state index contributed by atoms with van der Waals surface area (Å²) in [6.45, 7) is 1.11. The Morgan fingerprint density at radius 1 is 1.56 bits per heavy atom. The second-order valence-electron chi connectivity index (χ2n) is 5.71. The lowest BCUT2D eigenvalue weighted by Crippen LogP contribution is -2.33. The highest BCUT2D eigenvalue weighted by Crippen LogP contribution is 2.37. The zero-order chi connectivity index (χ0) is 18.0. The summed E-state index contributed by atoms with van der Waals surface area (Å²) in [7, 11) is 2.98. The van der Waals surface area contributed by atoms with Crippen molar-refractivity contribution in [3.8, 4) is 11.3 Å². The molecule has 0 bridgehead atoms. The Labute approximate surface area is 143 Å². The molecule has 1 N–H and O–H groups in total. The topological polar surface area (TPSA) is 109 Å². The fraction of sp³-hybridized carbons (Fsp3) is 0.375. The molecule has 1 unspecified atom stereocenters. The van der Waals surface area contributed by atoms with Crippen LogP contribution in [0.25, 0.3) is 11.3 Å². The summed E-state index contributed by atoms with van der Waals surface area (Å²) in [5.41, 5.74) is 0.980. The second-order valence-corrected chi connectivity index (χ2v) is 5.71. The number of hydrogen-bond acceptors (Lipinski definition) is 7. The van der Waals surface area contributed by atoms with Gasteiger partial charge in [-0.05, 0) is 24.6 Å². The molecule has 0 amide bonds. The number of aromatic nitrogens is 2. The lowest BCUT2D eigenvalue weighted by atomic mass is 10.0. The van der Waals surface area contributed by atoms with Gasteiger partial charge in [-0.15, -0.1) is 0 Å². The zero-order valence-electron chi connectivity index (χ0n) is 13.9. The summed E-state index contributed by atoms with van der Waals surface area (Å²) < 4.78 is 11.6. The molecule has 0 aliphatic carbocycles. The number of anilines is 1. The maximum absolute atomic E-state index is 12.0. The SMILES string of the molecule is COC(=O)c1cc(NCC2CCO2)c([N+](=O)[O-])c(-c2ccn(C)n2)c1. The molecule has 0 radical (unpaired) electrons. The van der Waals surface area contributed by atoms with E-state index in [-0.39, 0.29) is 28.6 Å². The van der Waals surface area contributed by atoms with E-state index >= 15 is 0 Å². The summed E-state index contributed by atoms with van der Waals surface area (Å²) in [5, 5.41) is 18.9. The lowest BCUT2D eigenvalue weighted by molar-refractivity contribution is -0.383. The van der Waals surface area contributed by atoms with Gasteiger partial charge < -0.3 is 14.8 Å². The fourth-order valence-electron chi connectivity index (χ4n) is 2.62. The number of methoxy groups -OCH3 is 1. The van der Waals surface area contributed by atoms with Gasteiger partial charge in [0.1, 0.15) is 5.69 Å². The van der Waals surface area contributed by atoms with E-state index < -0.39 is 10.9 Å². The molecule has 9 nitrogen and oxygen atoms in total. The van der Waals surface area contributed by atoms with Gasteiger partial charge in [0.25, 0.3) is 0 Å². The molecular weight excluding hydrogens is 328 g/mol. The van der Waals surface area contributed by atoms with Crippen molar-refractivity contribution in [3.63, 3.8) is 0 Å². The van der Waals surface area contributed by atoms with E-state index in [0.717, 1.165) is 6.42 Å². The van der Waals surface area contributed by atoms with Gasteiger partial charge in [0.15, 0.2) is 0 Å². The molecule has 9 heteroatoms. The summed E-state index contributed by atoms with van der Waals surface area (Å²) in [6, 6.07) is 4.51. The minimum atomic E-state index is -0.574. The Morgan fingerprint density at radius 2 is 2.32 bits per heavy atom. The number of nitro groups is 1. The number of rotatable bonds is 6. The summed E-state index contributed by atoms with van der Waals surface area (Å²) in [5.74, 6) is -0.574. The number of carbonyl (C=O) groups excluding carboxylic acids is 1. The van der Waals surface area contributed by atoms with Gasteiger partial charge in [0.2, 0.25) is 0 Å². The molecule has 2 heterocycles. The van der Waals surface area contributed by atoms with Crippen LogP contribution in [0.1, 0.15) is 16.8 Å². The predicted molar refractivity (Wildman–Crippen MR) is 89.5 cm³/mol. The van der Waals surface area contributed by atoms with Crippen LogP contribution in [-0.4, -0.2) is 47.0 Å². The van der Waals surface area contributed by atoms with Crippen LogP contribution >= 0.6 is 0 Å². The molecule has 3 rings (SSSR count). The molecule has 1 saturated heterocycles. The highest BCUT2D eigenvalue weighted by molar-refractivity contribution is 5.95. The first-order valence-electron chi connectivity index (χ1n) is 7.76. The van der Waals surface area contributed by atoms with Crippen molar-refractivity contribution in [2.45, 2.75) is 12.5 Å².